The minimum absolute atomic E-state index is 0.0398. The standard InChI is InChI=1S/C11H22N2O2/c1-7(6-14)9(3)13-11(15)8(2)10-4-12-5-10/h7-10,12,14H,4-6H2,1-3H3,(H,13,15). The fourth-order valence-electron chi connectivity index (χ4n) is 1.53. The summed E-state index contributed by atoms with van der Waals surface area (Å²) in [6, 6.07) is 0.0398. The molecule has 0 saturated carbocycles. The minimum Gasteiger partial charge on any atom is -0.396 e. The van der Waals surface area contributed by atoms with E-state index in [-0.39, 0.29) is 30.4 Å². The van der Waals surface area contributed by atoms with Gasteiger partial charge >= 0.3 is 0 Å². The van der Waals surface area contributed by atoms with E-state index in [0.717, 1.165) is 13.1 Å². The summed E-state index contributed by atoms with van der Waals surface area (Å²) in [5, 5.41) is 15.1. The van der Waals surface area contributed by atoms with Gasteiger partial charge in [0, 0.05) is 18.6 Å². The van der Waals surface area contributed by atoms with Gasteiger partial charge in [-0.25, -0.2) is 0 Å². The Morgan fingerprint density at radius 3 is 2.47 bits per heavy atom. The van der Waals surface area contributed by atoms with Crippen molar-refractivity contribution >= 4 is 5.91 Å². The highest BCUT2D eigenvalue weighted by atomic mass is 16.3. The lowest BCUT2D eigenvalue weighted by molar-refractivity contribution is -0.127. The molecule has 3 atom stereocenters. The number of carbonyl (C=O) groups excluding carboxylic acids is 1. The van der Waals surface area contributed by atoms with E-state index in [4.69, 9.17) is 5.11 Å². The Morgan fingerprint density at radius 1 is 1.47 bits per heavy atom. The SMILES string of the molecule is CC(CO)C(C)NC(=O)C(C)C1CNC1. The second kappa shape index (κ2) is 5.47. The van der Waals surface area contributed by atoms with Crippen LogP contribution in [0.5, 0.6) is 0 Å². The normalized spacial score (nSPS) is 22.7. The van der Waals surface area contributed by atoms with Gasteiger partial charge in [0.2, 0.25) is 5.91 Å². The van der Waals surface area contributed by atoms with E-state index in [9.17, 15) is 4.79 Å². The molecule has 4 nitrogen and oxygen atoms in total. The molecule has 15 heavy (non-hydrogen) atoms. The number of hydrogen-bond acceptors (Lipinski definition) is 3. The number of amides is 1. The van der Waals surface area contributed by atoms with E-state index in [0.29, 0.717) is 5.92 Å². The van der Waals surface area contributed by atoms with Gasteiger partial charge in [0.1, 0.15) is 0 Å². The summed E-state index contributed by atoms with van der Waals surface area (Å²) >= 11 is 0. The van der Waals surface area contributed by atoms with Crippen molar-refractivity contribution < 1.29 is 9.90 Å². The van der Waals surface area contributed by atoms with Gasteiger partial charge in [-0.15, -0.1) is 0 Å². The Hall–Kier alpha value is -0.610. The van der Waals surface area contributed by atoms with Crippen LogP contribution in [0.15, 0.2) is 0 Å². The number of hydrogen-bond donors (Lipinski definition) is 3. The van der Waals surface area contributed by atoms with Gasteiger partial charge in [-0.2, -0.15) is 0 Å². The molecule has 0 spiro atoms. The Bertz CT molecular complexity index is 217. The van der Waals surface area contributed by atoms with Crippen LogP contribution in [0.3, 0.4) is 0 Å². The fraction of sp³-hybridized carbons (Fsp3) is 0.909. The Balaban J connectivity index is 2.33. The highest BCUT2D eigenvalue weighted by molar-refractivity contribution is 5.79. The predicted molar refractivity (Wildman–Crippen MR) is 59.4 cm³/mol. The average molecular weight is 214 g/mol. The van der Waals surface area contributed by atoms with Gasteiger partial charge in [-0.1, -0.05) is 13.8 Å². The summed E-state index contributed by atoms with van der Waals surface area (Å²) in [6.45, 7) is 7.83. The van der Waals surface area contributed by atoms with E-state index in [1.807, 2.05) is 20.8 Å². The third-order valence-corrected chi connectivity index (χ3v) is 3.45. The molecule has 0 aromatic rings. The summed E-state index contributed by atoms with van der Waals surface area (Å²) in [6.07, 6.45) is 0. The fourth-order valence-corrected chi connectivity index (χ4v) is 1.53. The first-order valence-electron chi connectivity index (χ1n) is 5.68. The van der Waals surface area contributed by atoms with E-state index in [2.05, 4.69) is 10.6 Å². The van der Waals surface area contributed by atoms with E-state index in [1.165, 1.54) is 0 Å². The lowest BCUT2D eigenvalue weighted by Gasteiger charge is -2.33. The molecule has 1 fully saturated rings. The lowest BCUT2D eigenvalue weighted by Crippen LogP contribution is -2.51. The highest BCUT2D eigenvalue weighted by Gasteiger charge is 2.29. The molecular formula is C11H22N2O2. The molecule has 1 saturated heterocycles. The molecular weight excluding hydrogens is 192 g/mol. The van der Waals surface area contributed by atoms with Gasteiger partial charge in [0.15, 0.2) is 0 Å². The molecule has 0 aliphatic carbocycles. The zero-order valence-electron chi connectivity index (χ0n) is 9.79. The minimum atomic E-state index is 0.0398. The van der Waals surface area contributed by atoms with Crippen molar-refractivity contribution in [1.29, 1.82) is 0 Å². The van der Waals surface area contributed by atoms with Crippen LogP contribution in [0.1, 0.15) is 20.8 Å². The highest BCUT2D eigenvalue weighted by Crippen LogP contribution is 2.16. The van der Waals surface area contributed by atoms with Crippen LogP contribution in [0, 0.1) is 17.8 Å². The number of aliphatic hydroxyl groups excluding tert-OH is 1. The quantitative estimate of drug-likeness (QED) is 0.602. The number of rotatable bonds is 5. The number of carbonyl (C=O) groups is 1. The number of nitrogens with one attached hydrogen (secondary N) is 2. The van der Waals surface area contributed by atoms with Gasteiger partial charge in [-0.05, 0) is 31.8 Å². The summed E-state index contributed by atoms with van der Waals surface area (Å²) in [4.78, 5) is 11.8. The van der Waals surface area contributed by atoms with Crippen LogP contribution >= 0.6 is 0 Å². The molecule has 0 aromatic heterocycles. The van der Waals surface area contributed by atoms with Gasteiger partial charge in [-0.3, -0.25) is 4.79 Å². The van der Waals surface area contributed by atoms with Crippen LogP contribution < -0.4 is 10.6 Å². The first kappa shape index (κ1) is 12.5. The molecule has 0 aromatic carbocycles. The summed E-state index contributed by atoms with van der Waals surface area (Å²) in [5.41, 5.74) is 0. The molecule has 0 radical (unpaired) electrons. The van der Waals surface area contributed by atoms with Crippen LogP contribution in [-0.2, 0) is 4.79 Å². The first-order valence-corrected chi connectivity index (χ1v) is 5.68. The largest absolute Gasteiger partial charge is 0.396 e. The van der Waals surface area contributed by atoms with Gasteiger partial charge < -0.3 is 15.7 Å². The molecule has 0 bridgehead atoms. The Labute approximate surface area is 91.4 Å². The molecule has 3 unspecified atom stereocenters. The molecule has 1 rings (SSSR count). The summed E-state index contributed by atoms with van der Waals surface area (Å²) < 4.78 is 0. The summed E-state index contributed by atoms with van der Waals surface area (Å²) in [5.74, 6) is 0.760. The average Bonchev–Trinajstić information content (AvgIpc) is 2.13. The van der Waals surface area contributed by atoms with Crippen LogP contribution in [-0.4, -0.2) is 36.8 Å². The molecule has 88 valence electrons. The van der Waals surface area contributed by atoms with Crippen LogP contribution in [0.25, 0.3) is 0 Å². The van der Waals surface area contributed by atoms with E-state index in [1.54, 1.807) is 0 Å². The second-order valence-corrected chi connectivity index (χ2v) is 4.66. The maximum Gasteiger partial charge on any atom is 0.223 e. The van der Waals surface area contributed by atoms with Crippen molar-refractivity contribution in [3.05, 3.63) is 0 Å². The zero-order valence-corrected chi connectivity index (χ0v) is 9.79. The smallest absolute Gasteiger partial charge is 0.223 e. The third-order valence-electron chi connectivity index (χ3n) is 3.45. The maximum atomic E-state index is 11.8. The van der Waals surface area contributed by atoms with E-state index >= 15 is 0 Å². The monoisotopic (exact) mass is 214 g/mol. The molecule has 4 heteroatoms. The van der Waals surface area contributed by atoms with Crippen molar-refractivity contribution in [2.24, 2.45) is 17.8 Å². The van der Waals surface area contributed by atoms with Crippen LogP contribution in [0.2, 0.25) is 0 Å². The first-order chi connectivity index (χ1) is 7.06. The van der Waals surface area contributed by atoms with E-state index < -0.39 is 0 Å². The van der Waals surface area contributed by atoms with Gasteiger partial charge in [0.25, 0.3) is 0 Å². The predicted octanol–water partition coefficient (Wildman–Crippen LogP) is -0.0250. The Morgan fingerprint density at radius 2 is 2.07 bits per heavy atom. The lowest BCUT2D eigenvalue weighted by atomic mass is 9.88. The van der Waals surface area contributed by atoms with Crippen molar-refractivity contribution in [2.75, 3.05) is 19.7 Å². The molecule has 1 amide bonds. The summed E-state index contributed by atoms with van der Waals surface area (Å²) in [7, 11) is 0. The topological polar surface area (TPSA) is 61.4 Å². The zero-order chi connectivity index (χ0) is 11.4. The van der Waals surface area contributed by atoms with Crippen molar-refractivity contribution in [3.63, 3.8) is 0 Å². The molecule has 1 aliphatic heterocycles. The van der Waals surface area contributed by atoms with Gasteiger partial charge in [0.05, 0.1) is 0 Å². The van der Waals surface area contributed by atoms with Crippen LogP contribution in [0.4, 0.5) is 0 Å². The second-order valence-electron chi connectivity index (χ2n) is 4.66. The van der Waals surface area contributed by atoms with Crippen molar-refractivity contribution in [3.8, 4) is 0 Å². The molecule has 1 heterocycles. The maximum absolute atomic E-state index is 11.8. The van der Waals surface area contributed by atoms with Crippen molar-refractivity contribution in [2.45, 2.75) is 26.8 Å². The third kappa shape index (κ3) is 3.18. The molecule has 1 aliphatic rings. The number of aliphatic hydroxyl groups is 1. The van der Waals surface area contributed by atoms with Crippen molar-refractivity contribution in [1.82, 2.24) is 10.6 Å². The Kier molecular flexibility index (Phi) is 4.54. The molecule has 3 N–H and O–H groups in total.